The molecule has 6 atom stereocenters. The van der Waals surface area contributed by atoms with Crippen molar-refractivity contribution in [1.82, 2.24) is 0 Å². The minimum Gasteiger partial charge on any atom is -0.426 e. The van der Waals surface area contributed by atoms with Crippen molar-refractivity contribution in [3.05, 3.63) is 11.6 Å². The molecule has 2 aliphatic carbocycles. The molecule has 0 bridgehead atoms. The number of carbonyl (C=O) groups excluding carboxylic acids is 1. The van der Waals surface area contributed by atoms with Gasteiger partial charge >= 0.3 is 5.97 Å². The number of ether oxygens (including phenoxy) is 2. The Hall–Kier alpha value is -0.870. The Morgan fingerprint density at radius 1 is 1.17 bits per heavy atom. The molecule has 4 rings (SSSR count). The Morgan fingerprint density at radius 2 is 1.88 bits per heavy atom. The van der Waals surface area contributed by atoms with Gasteiger partial charge in [0.25, 0.3) is 0 Å². The Labute approximate surface area is 144 Å². The third-order valence-corrected chi connectivity index (χ3v) is 7.94. The molecule has 24 heavy (non-hydrogen) atoms. The summed E-state index contributed by atoms with van der Waals surface area (Å²) >= 11 is 0. The van der Waals surface area contributed by atoms with Gasteiger partial charge in [-0.1, -0.05) is 27.2 Å². The summed E-state index contributed by atoms with van der Waals surface area (Å²) in [4.78, 5) is 11.8. The van der Waals surface area contributed by atoms with E-state index in [0.29, 0.717) is 12.3 Å². The summed E-state index contributed by atoms with van der Waals surface area (Å²) in [5, 5.41) is 11.0. The molecule has 2 aliphatic heterocycles. The summed E-state index contributed by atoms with van der Waals surface area (Å²) in [6.07, 6.45) is 6.03. The minimum absolute atomic E-state index is 0.106. The predicted molar refractivity (Wildman–Crippen MR) is 90.0 cm³/mol. The molecule has 1 saturated heterocycles. The standard InChI is InChI=1S/C20H30O4/c1-12-9-16(22)23-20(12)11-14-18(4)8-6-7-17(2,3)13(18)10-15(21)19(14,5)24-20/h9,13-15,21H,6-8,10-11H2,1-5H3/t13-,14+,15-,18-,19-,20+/m0/s1. The van der Waals surface area contributed by atoms with Crippen LogP contribution in [0.2, 0.25) is 0 Å². The zero-order valence-corrected chi connectivity index (χ0v) is 15.5. The molecule has 0 aromatic heterocycles. The molecule has 1 N–H and O–H groups in total. The lowest BCUT2D eigenvalue weighted by Gasteiger charge is -2.61. The van der Waals surface area contributed by atoms with Crippen LogP contribution in [0.5, 0.6) is 0 Å². The number of esters is 1. The summed E-state index contributed by atoms with van der Waals surface area (Å²) in [6, 6.07) is 0. The second kappa shape index (κ2) is 4.64. The van der Waals surface area contributed by atoms with Gasteiger partial charge in [0.05, 0.1) is 11.7 Å². The average molecular weight is 334 g/mol. The molecule has 0 amide bonds. The molecular formula is C20H30O4. The number of aliphatic hydroxyl groups is 1. The van der Waals surface area contributed by atoms with Gasteiger partial charge in [-0.25, -0.2) is 4.79 Å². The van der Waals surface area contributed by atoms with Crippen molar-refractivity contribution in [2.75, 3.05) is 0 Å². The van der Waals surface area contributed by atoms with Gasteiger partial charge in [0.15, 0.2) is 0 Å². The first-order chi connectivity index (χ1) is 11.0. The fraction of sp³-hybridized carbons (Fsp3) is 0.850. The van der Waals surface area contributed by atoms with Crippen molar-refractivity contribution in [2.45, 2.75) is 84.2 Å². The van der Waals surface area contributed by atoms with Crippen molar-refractivity contribution in [3.63, 3.8) is 0 Å². The van der Waals surface area contributed by atoms with E-state index < -0.39 is 17.5 Å². The Kier molecular flexibility index (Phi) is 3.21. The van der Waals surface area contributed by atoms with Crippen LogP contribution in [0.15, 0.2) is 11.6 Å². The van der Waals surface area contributed by atoms with Gasteiger partial charge in [-0.15, -0.1) is 0 Å². The lowest BCUT2D eigenvalue weighted by Crippen LogP contribution is -2.62. The lowest BCUT2D eigenvalue weighted by atomic mass is 9.45. The highest BCUT2D eigenvalue weighted by Gasteiger charge is 2.70. The summed E-state index contributed by atoms with van der Waals surface area (Å²) in [5.74, 6) is -0.633. The largest absolute Gasteiger partial charge is 0.426 e. The van der Waals surface area contributed by atoms with Gasteiger partial charge in [-0.3, -0.25) is 0 Å². The van der Waals surface area contributed by atoms with E-state index in [9.17, 15) is 9.90 Å². The van der Waals surface area contributed by atoms with Gasteiger partial charge in [0.2, 0.25) is 5.79 Å². The van der Waals surface area contributed by atoms with Gasteiger partial charge in [0, 0.05) is 24.0 Å². The number of aliphatic hydroxyl groups excluding tert-OH is 1. The topological polar surface area (TPSA) is 55.8 Å². The highest BCUT2D eigenvalue weighted by molar-refractivity contribution is 5.86. The SMILES string of the molecule is CC1=CC(=O)O[C@@]12C[C@@H]1[C@@]3(C)CCCC(C)(C)[C@@H]3C[C@H](O)[C@@]1(C)O2. The number of carbonyl (C=O) groups is 1. The minimum atomic E-state index is -0.961. The van der Waals surface area contributed by atoms with Crippen molar-refractivity contribution in [3.8, 4) is 0 Å². The summed E-state index contributed by atoms with van der Waals surface area (Å²) < 4.78 is 12.1. The molecule has 4 heteroatoms. The number of hydrogen-bond acceptors (Lipinski definition) is 4. The second-order valence-electron chi connectivity index (χ2n) is 9.70. The van der Waals surface area contributed by atoms with Crippen molar-refractivity contribution >= 4 is 5.97 Å². The van der Waals surface area contributed by atoms with Crippen LogP contribution in [0, 0.1) is 22.7 Å². The van der Waals surface area contributed by atoms with E-state index in [1.165, 1.54) is 18.9 Å². The molecule has 4 nitrogen and oxygen atoms in total. The first-order valence-corrected chi connectivity index (χ1v) is 9.33. The fourth-order valence-corrected chi connectivity index (χ4v) is 6.62. The van der Waals surface area contributed by atoms with E-state index in [1.54, 1.807) is 0 Å². The van der Waals surface area contributed by atoms with Gasteiger partial charge in [-0.05, 0) is 49.9 Å². The highest BCUT2D eigenvalue weighted by Crippen LogP contribution is 2.68. The van der Waals surface area contributed by atoms with E-state index in [4.69, 9.17) is 9.47 Å². The molecule has 2 saturated carbocycles. The quantitative estimate of drug-likeness (QED) is 0.688. The summed E-state index contributed by atoms with van der Waals surface area (Å²) in [5.41, 5.74) is 0.514. The molecular weight excluding hydrogens is 304 g/mol. The third kappa shape index (κ3) is 1.90. The molecule has 3 fully saturated rings. The molecule has 2 heterocycles. The number of fused-ring (bicyclic) bond motifs is 3. The monoisotopic (exact) mass is 334 g/mol. The number of hydrogen-bond donors (Lipinski definition) is 1. The van der Waals surface area contributed by atoms with E-state index in [1.807, 2.05) is 13.8 Å². The fourth-order valence-electron chi connectivity index (χ4n) is 6.62. The first kappa shape index (κ1) is 16.6. The van der Waals surface area contributed by atoms with Crippen LogP contribution in [0.4, 0.5) is 0 Å². The average Bonchev–Trinajstić information content (AvgIpc) is 2.91. The smallest absolute Gasteiger partial charge is 0.333 e. The van der Waals surface area contributed by atoms with E-state index in [2.05, 4.69) is 20.8 Å². The zero-order chi connectivity index (χ0) is 17.5. The maximum atomic E-state index is 11.8. The van der Waals surface area contributed by atoms with Crippen LogP contribution in [-0.2, 0) is 14.3 Å². The van der Waals surface area contributed by atoms with Crippen LogP contribution in [0.1, 0.15) is 66.7 Å². The van der Waals surface area contributed by atoms with E-state index in [-0.39, 0.29) is 22.7 Å². The molecule has 1 spiro atoms. The van der Waals surface area contributed by atoms with Crippen LogP contribution >= 0.6 is 0 Å². The van der Waals surface area contributed by atoms with Crippen LogP contribution in [-0.4, -0.2) is 28.6 Å². The van der Waals surface area contributed by atoms with Crippen molar-refractivity contribution in [1.29, 1.82) is 0 Å². The van der Waals surface area contributed by atoms with Gasteiger partial charge in [-0.2, -0.15) is 0 Å². The normalized spacial score (nSPS) is 52.7. The maximum Gasteiger partial charge on any atom is 0.333 e. The first-order valence-electron chi connectivity index (χ1n) is 9.33. The van der Waals surface area contributed by atoms with Crippen molar-refractivity contribution in [2.24, 2.45) is 22.7 Å². The van der Waals surface area contributed by atoms with Crippen LogP contribution < -0.4 is 0 Å². The molecule has 0 aromatic carbocycles. The van der Waals surface area contributed by atoms with Crippen LogP contribution in [0.3, 0.4) is 0 Å². The maximum absolute atomic E-state index is 11.8. The molecule has 4 aliphatic rings. The van der Waals surface area contributed by atoms with Crippen molar-refractivity contribution < 1.29 is 19.4 Å². The molecule has 0 aromatic rings. The van der Waals surface area contributed by atoms with Crippen LogP contribution in [0.25, 0.3) is 0 Å². The lowest BCUT2D eigenvalue weighted by molar-refractivity contribution is -0.255. The second-order valence-corrected chi connectivity index (χ2v) is 9.70. The predicted octanol–water partition coefficient (Wildman–Crippen LogP) is 3.58. The Bertz CT molecular complexity index is 623. The van der Waals surface area contributed by atoms with E-state index >= 15 is 0 Å². The summed E-state index contributed by atoms with van der Waals surface area (Å²) in [7, 11) is 0. The third-order valence-electron chi connectivity index (χ3n) is 7.94. The zero-order valence-electron chi connectivity index (χ0n) is 15.5. The molecule has 0 unspecified atom stereocenters. The van der Waals surface area contributed by atoms with Gasteiger partial charge < -0.3 is 14.6 Å². The molecule has 134 valence electrons. The van der Waals surface area contributed by atoms with E-state index in [0.717, 1.165) is 18.4 Å². The summed E-state index contributed by atoms with van der Waals surface area (Å²) in [6.45, 7) is 11.0. The van der Waals surface area contributed by atoms with Gasteiger partial charge in [0.1, 0.15) is 0 Å². The Balaban J connectivity index is 1.78. The molecule has 0 radical (unpaired) electrons. The highest BCUT2D eigenvalue weighted by atomic mass is 16.7. The number of rotatable bonds is 0. The Morgan fingerprint density at radius 3 is 2.50 bits per heavy atom.